The molecule has 4 aliphatic rings. The number of hydrogen-bond acceptors (Lipinski definition) is 6. The molecule has 0 spiro atoms. The predicted molar refractivity (Wildman–Crippen MR) is 148 cm³/mol. The van der Waals surface area contributed by atoms with Crippen molar-refractivity contribution in [1.29, 1.82) is 0 Å². The summed E-state index contributed by atoms with van der Waals surface area (Å²) in [4.78, 5) is 37.8. The first kappa shape index (κ1) is 29.3. The molecule has 1 heterocycles. The van der Waals surface area contributed by atoms with Gasteiger partial charge in [0.1, 0.15) is 6.10 Å². The van der Waals surface area contributed by atoms with Gasteiger partial charge in [-0.1, -0.05) is 44.5 Å². The third kappa shape index (κ3) is 4.61. The van der Waals surface area contributed by atoms with E-state index in [4.69, 9.17) is 4.74 Å². The zero-order valence-electron chi connectivity index (χ0n) is 24.6. The number of carboxylic acids is 1. The topological polar surface area (TPSA) is 125 Å². The molecule has 3 N–H and O–H groups in total. The quantitative estimate of drug-likeness (QED) is 0.138. The Morgan fingerprint density at radius 1 is 1.15 bits per heavy atom. The lowest BCUT2D eigenvalue weighted by Crippen LogP contribution is -2.63. The van der Waals surface area contributed by atoms with E-state index in [1.54, 1.807) is 0 Å². The number of hydrogen-bond donors (Lipinski definition) is 3. The maximum atomic E-state index is 12.8. The number of carbonyl (C=O) groups is 3. The second-order valence-corrected chi connectivity index (χ2v) is 13.5. The molecular formula is C31H46N2O6. The van der Waals surface area contributed by atoms with Crippen LogP contribution >= 0.6 is 0 Å². The summed E-state index contributed by atoms with van der Waals surface area (Å²) in [6.07, 6.45) is 5.75. The minimum atomic E-state index is -0.985. The molecule has 1 amide bonds. The lowest BCUT2D eigenvalue weighted by atomic mass is 9.38. The highest BCUT2D eigenvalue weighted by molar-refractivity contribution is 5.92. The number of carbonyl (C=O) groups excluding carboxylic acids is 2. The van der Waals surface area contributed by atoms with Crippen molar-refractivity contribution >= 4 is 23.6 Å². The number of ether oxygens (including phenoxy) is 1. The van der Waals surface area contributed by atoms with E-state index in [2.05, 4.69) is 31.2 Å². The zero-order valence-corrected chi connectivity index (χ0v) is 24.6. The van der Waals surface area contributed by atoms with Gasteiger partial charge < -0.3 is 20.4 Å². The number of fused-ring (bicyclic) bond motifs is 5. The highest BCUT2D eigenvalue weighted by Crippen LogP contribution is 2.73. The normalized spacial score (nSPS) is 41.9. The molecule has 0 bridgehead atoms. The molecule has 8 heteroatoms. The van der Waals surface area contributed by atoms with Crippen molar-refractivity contribution in [2.75, 3.05) is 6.54 Å². The van der Waals surface area contributed by atoms with Crippen molar-refractivity contribution in [2.24, 2.45) is 45.1 Å². The van der Waals surface area contributed by atoms with Crippen molar-refractivity contribution < 1.29 is 29.4 Å². The second-order valence-electron chi connectivity index (χ2n) is 13.5. The smallest absolute Gasteiger partial charge is 0.331 e. The van der Waals surface area contributed by atoms with Gasteiger partial charge in [0.25, 0.3) is 0 Å². The minimum absolute atomic E-state index is 0.0817. The van der Waals surface area contributed by atoms with Crippen LogP contribution in [0.15, 0.2) is 28.0 Å². The Balaban J connectivity index is 1.88. The number of carboxylic acid groups (broad SMARTS) is 1. The summed E-state index contributed by atoms with van der Waals surface area (Å²) in [5.74, 6) is -1.64. The first-order chi connectivity index (χ1) is 18.2. The second kappa shape index (κ2) is 10.4. The highest BCUT2D eigenvalue weighted by Gasteiger charge is 2.70. The molecule has 8 nitrogen and oxygen atoms in total. The summed E-state index contributed by atoms with van der Waals surface area (Å²) in [6, 6.07) is 0. The molecule has 0 aromatic rings. The van der Waals surface area contributed by atoms with Crippen LogP contribution in [0.4, 0.5) is 0 Å². The Bertz CT molecular complexity index is 1140. The molecule has 3 saturated carbocycles. The number of aliphatic carboxylic acids is 1. The largest absolute Gasteiger partial charge is 0.478 e. The Labute approximate surface area is 232 Å². The van der Waals surface area contributed by atoms with Crippen molar-refractivity contribution in [1.82, 2.24) is 5.32 Å². The van der Waals surface area contributed by atoms with E-state index in [0.717, 1.165) is 24.8 Å². The van der Waals surface area contributed by atoms with Crippen LogP contribution in [0, 0.1) is 39.9 Å². The third-order valence-corrected chi connectivity index (χ3v) is 11.2. The number of allylic oxidation sites excluding steroid dienone is 2. The molecule has 1 aliphatic heterocycles. The Kier molecular flexibility index (Phi) is 7.82. The van der Waals surface area contributed by atoms with E-state index >= 15 is 0 Å². The van der Waals surface area contributed by atoms with Gasteiger partial charge in [-0.3, -0.25) is 9.59 Å². The van der Waals surface area contributed by atoms with E-state index in [1.165, 1.54) is 6.92 Å². The lowest BCUT2D eigenvalue weighted by Gasteiger charge is -2.65. The van der Waals surface area contributed by atoms with Crippen LogP contribution in [0.5, 0.6) is 0 Å². The van der Waals surface area contributed by atoms with E-state index in [1.807, 2.05) is 26.8 Å². The number of oxime groups is 1. The fourth-order valence-electron chi connectivity index (χ4n) is 9.37. The van der Waals surface area contributed by atoms with Crippen LogP contribution in [0.2, 0.25) is 0 Å². The summed E-state index contributed by atoms with van der Waals surface area (Å²) in [5, 5.41) is 27.9. The van der Waals surface area contributed by atoms with Gasteiger partial charge in [-0.25, -0.2) is 4.79 Å². The maximum Gasteiger partial charge on any atom is 0.331 e. The van der Waals surface area contributed by atoms with Crippen LogP contribution in [-0.2, 0) is 19.1 Å². The molecular weight excluding hydrogens is 496 g/mol. The van der Waals surface area contributed by atoms with Gasteiger partial charge in [0.15, 0.2) is 0 Å². The van der Waals surface area contributed by atoms with E-state index in [-0.39, 0.29) is 45.8 Å². The molecule has 216 valence electrons. The summed E-state index contributed by atoms with van der Waals surface area (Å²) >= 11 is 0. The van der Waals surface area contributed by atoms with Gasteiger partial charge in [0.05, 0.1) is 5.71 Å². The SMILES string of the molecule is CC(=O)O[C@H]1C[C@@]2(C)C(C/C(=N\O)C3[C@@]4(C)CCNC(=O)[C@@H](C)C4CC[C@]32C)/C1=C(\CCC=C(C)C)C(=O)O. The molecule has 39 heavy (non-hydrogen) atoms. The molecule has 8 atom stereocenters. The van der Waals surface area contributed by atoms with Gasteiger partial charge in [-0.2, -0.15) is 0 Å². The average molecular weight is 543 g/mol. The third-order valence-electron chi connectivity index (χ3n) is 11.2. The number of rotatable bonds is 5. The van der Waals surface area contributed by atoms with E-state index < -0.39 is 18.0 Å². The molecule has 0 aromatic heterocycles. The Morgan fingerprint density at radius 3 is 2.44 bits per heavy atom. The number of esters is 1. The fourth-order valence-corrected chi connectivity index (χ4v) is 9.37. The zero-order chi connectivity index (χ0) is 28.9. The monoisotopic (exact) mass is 542 g/mol. The van der Waals surface area contributed by atoms with Crippen LogP contribution in [-0.4, -0.2) is 46.5 Å². The number of amides is 1. The van der Waals surface area contributed by atoms with Crippen molar-refractivity contribution in [2.45, 2.75) is 99.5 Å². The van der Waals surface area contributed by atoms with Gasteiger partial charge >= 0.3 is 11.9 Å². The molecule has 1 saturated heterocycles. The lowest BCUT2D eigenvalue weighted by molar-refractivity contribution is -0.149. The fraction of sp³-hybridized carbons (Fsp3) is 0.742. The minimum Gasteiger partial charge on any atom is -0.478 e. The average Bonchev–Trinajstić information content (AvgIpc) is 3.05. The maximum absolute atomic E-state index is 12.8. The predicted octanol–water partition coefficient (Wildman–Crippen LogP) is 5.50. The first-order valence-corrected chi connectivity index (χ1v) is 14.5. The summed E-state index contributed by atoms with van der Waals surface area (Å²) in [6.45, 7) is 14.7. The van der Waals surface area contributed by atoms with Crippen molar-refractivity contribution in [3.8, 4) is 0 Å². The van der Waals surface area contributed by atoms with E-state index in [9.17, 15) is 24.7 Å². The van der Waals surface area contributed by atoms with Gasteiger partial charge in [0.2, 0.25) is 5.91 Å². The van der Waals surface area contributed by atoms with E-state index in [0.29, 0.717) is 49.1 Å². The van der Waals surface area contributed by atoms with Crippen molar-refractivity contribution in [3.05, 3.63) is 22.8 Å². The standard InChI is InChI=1S/C31H46N2O6/c1-17(2)9-8-10-20(28(36)37)25-22-15-23(33-38)26-29(5)13-14-32-27(35)18(3)21(29)11-12-30(26,6)31(22,7)16-24(25)39-19(4)34/h9,18,21-22,24,26,38H,8,10-16H2,1-7H3,(H,32,35)(H,36,37)/b25-20-,33-23+/t18-,21?,22?,24-,26?,29-,30+,31-/m0/s1. The number of nitrogens with one attached hydrogen (secondary N) is 1. The Hall–Kier alpha value is -2.64. The van der Waals surface area contributed by atoms with Crippen LogP contribution in [0.1, 0.15) is 93.4 Å². The van der Waals surface area contributed by atoms with Gasteiger partial charge in [0, 0.05) is 30.9 Å². The van der Waals surface area contributed by atoms with Crippen LogP contribution in [0.25, 0.3) is 0 Å². The van der Waals surface area contributed by atoms with Crippen LogP contribution < -0.4 is 5.32 Å². The first-order valence-electron chi connectivity index (χ1n) is 14.5. The summed E-state index contributed by atoms with van der Waals surface area (Å²) in [7, 11) is 0. The van der Waals surface area contributed by atoms with Gasteiger partial charge in [-0.15, -0.1) is 0 Å². The number of nitrogens with zero attached hydrogens (tertiary/aromatic N) is 1. The van der Waals surface area contributed by atoms with Crippen molar-refractivity contribution in [3.63, 3.8) is 0 Å². The molecule has 3 aliphatic carbocycles. The highest BCUT2D eigenvalue weighted by atomic mass is 16.5. The summed E-state index contributed by atoms with van der Waals surface area (Å²) < 4.78 is 5.88. The molecule has 0 aromatic carbocycles. The van der Waals surface area contributed by atoms with Crippen LogP contribution in [0.3, 0.4) is 0 Å². The molecule has 0 radical (unpaired) electrons. The molecule has 4 rings (SSSR count). The molecule has 3 unspecified atom stereocenters. The Morgan fingerprint density at radius 2 is 1.85 bits per heavy atom. The summed E-state index contributed by atoms with van der Waals surface area (Å²) in [5.41, 5.74) is 1.79. The van der Waals surface area contributed by atoms with Gasteiger partial charge in [-0.05, 0) is 92.4 Å². The molecule has 4 fully saturated rings.